The first kappa shape index (κ1) is 71.2. The summed E-state index contributed by atoms with van der Waals surface area (Å²) in [4.78, 5) is 114. The predicted molar refractivity (Wildman–Crippen MR) is 376 cm³/mol. The number of nitrogens with zero attached hydrogens (tertiary/aromatic N) is 15. The fourth-order valence-corrected chi connectivity index (χ4v) is 12.9. The van der Waals surface area contributed by atoms with Gasteiger partial charge in [-0.2, -0.15) is 15.5 Å². The molecule has 0 radical (unpaired) electrons. The lowest BCUT2D eigenvalue weighted by Crippen LogP contribution is -2.45. The Kier molecular flexibility index (Phi) is 20.2. The summed E-state index contributed by atoms with van der Waals surface area (Å²) < 4.78 is 13.0. The van der Waals surface area contributed by atoms with Gasteiger partial charge in [0.2, 0.25) is 29.0 Å². The Morgan fingerprint density at radius 2 is 1.10 bits per heavy atom. The van der Waals surface area contributed by atoms with Gasteiger partial charge in [0.25, 0.3) is 5.91 Å². The number of benzene rings is 2. The third kappa shape index (κ3) is 15.7. The van der Waals surface area contributed by atoms with Gasteiger partial charge in [-0.25, -0.2) is 34.5 Å². The number of carbonyl (C=O) groups excluding carboxylic acids is 6. The Balaban J connectivity index is 0.000000178. The first-order chi connectivity index (χ1) is 46.6. The molecule has 9 heterocycles. The molecule has 99 heavy (non-hydrogen) atoms. The number of halogens is 1. The number of carbonyl (C=O) groups is 6. The zero-order chi connectivity index (χ0) is 71.8. The van der Waals surface area contributed by atoms with Crippen LogP contribution in [-0.4, -0.2) is 167 Å². The minimum absolute atomic E-state index is 0.00216. The number of nitrogens with two attached hydrogens (primary N) is 1. The van der Waals surface area contributed by atoms with Crippen LogP contribution in [0.2, 0.25) is 5.28 Å². The largest absolute Gasteiger partial charge is 0.444 e. The van der Waals surface area contributed by atoms with Crippen molar-refractivity contribution >= 4 is 93.5 Å². The molecule has 5 unspecified atom stereocenters. The molecule has 0 saturated carbocycles. The van der Waals surface area contributed by atoms with E-state index in [-0.39, 0.29) is 83.6 Å². The zero-order valence-electron chi connectivity index (χ0n) is 58.4. The number of pyridine rings is 2. The van der Waals surface area contributed by atoms with Gasteiger partial charge < -0.3 is 40.1 Å². The molecule has 4 fully saturated rings. The number of rotatable bonds is 10. The topological polar surface area (TPSA) is 308 Å². The Bertz CT molecular complexity index is 4350. The van der Waals surface area contributed by atoms with E-state index < -0.39 is 22.0 Å². The zero-order valence-corrected chi connectivity index (χ0v) is 59.1. The van der Waals surface area contributed by atoms with Gasteiger partial charge in [-0.1, -0.05) is 36.4 Å². The normalized spacial score (nSPS) is 18.8. The van der Waals surface area contributed by atoms with Gasteiger partial charge in [0.15, 0.2) is 5.65 Å². The fraction of sp³-hybridized carbons (Fsp3) is 0.425. The number of hydrogen-bond donors (Lipinski definition) is 2. The number of nitrogen functional groups attached to an aromatic ring is 1. The van der Waals surface area contributed by atoms with E-state index in [2.05, 4.69) is 42.4 Å². The third-order valence-corrected chi connectivity index (χ3v) is 18.1. The number of amides is 6. The molecule has 5 atom stereocenters. The van der Waals surface area contributed by atoms with Gasteiger partial charge in [0.1, 0.15) is 28.5 Å². The van der Waals surface area contributed by atoms with E-state index in [0.717, 1.165) is 53.6 Å². The molecule has 3 N–H and O–H groups in total. The second-order valence-corrected chi connectivity index (χ2v) is 29.2. The molecule has 5 aromatic heterocycles. The van der Waals surface area contributed by atoms with Crippen LogP contribution in [0.1, 0.15) is 152 Å². The van der Waals surface area contributed by atoms with Crippen LogP contribution in [0.5, 0.6) is 0 Å². The molecule has 6 amide bonds. The second kappa shape index (κ2) is 28.1. The van der Waals surface area contributed by atoms with E-state index in [1.807, 2.05) is 130 Å². The van der Waals surface area contributed by atoms with Crippen LogP contribution in [0.3, 0.4) is 0 Å². The number of likely N-dealkylation sites (N-methyl/N-ethyl adjacent to an activating group) is 1. The van der Waals surface area contributed by atoms with Crippen molar-refractivity contribution in [1.29, 1.82) is 10.5 Å². The van der Waals surface area contributed by atoms with Gasteiger partial charge in [-0.3, -0.25) is 33.5 Å². The van der Waals surface area contributed by atoms with Gasteiger partial charge in [-0.15, -0.1) is 0 Å². The molecule has 516 valence electrons. The van der Waals surface area contributed by atoms with Crippen molar-refractivity contribution in [2.75, 3.05) is 62.1 Å². The summed E-state index contributed by atoms with van der Waals surface area (Å²) in [5.74, 6) is 0.509. The van der Waals surface area contributed by atoms with Crippen molar-refractivity contribution in [3.8, 4) is 17.8 Å². The first-order valence-corrected chi connectivity index (χ1v) is 33.2. The van der Waals surface area contributed by atoms with Gasteiger partial charge in [0, 0.05) is 101 Å². The Morgan fingerprint density at radius 3 is 1.58 bits per heavy atom. The maximum absolute atomic E-state index is 13.3. The standard InChI is InChI=1S/C36H41N9O4.C20H19ClN4O.C17H24N4O3/c1-35(2,3)49-34(48)44-25-12-13-27(44)20-43(30(46)17-25)26-14-15-29(38-19-26)40-33-39-18-22-16-28(32(47)42(6)7)45(31(22)41-33)24-10-8-23(9-11-24)36(4,5)21-37;1-20(2,11-22)14-7-5-12(6-8-14)16-15(18(26)25(3)4)9-13-10-23-19(21)24-17(13)16;1-17(2,3)24-16(23)21-11-4-5-13(21)10-20(15(22)8-11)12-6-7-14(18)19-9-12/h8-11,14-16,18-19,25,27H,12-13,17,20H2,1-7H3,(H,38,39,40,41);5-10,16H,1-4H3;6-7,9,11,13H,4-5,8,10H2,1-3H3,(H2,18,19). The first-order valence-electron chi connectivity index (χ1n) is 32.8. The Hall–Kier alpha value is -10.5. The van der Waals surface area contributed by atoms with Crippen molar-refractivity contribution < 1.29 is 38.2 Å². The molecule has 26 heteroatoms. The number of nitriles is 2. The molecule has 12 rings (SSSR count). The Labute approximate surface area is 581 Å². The highest BCUT2D eigenvalue weighted by Crippen LogP contribution is 2.42. The van der Waals surface area contributed by atoms with E-state index in [1.165, 1.54) is 4.90 Å². The molecule has 4 aliphatic heterocycles. The van der Waals surface area contributed by atoms with E-state index in [4.69, 9.17) is 31.8 Å². The maximum Gasteiger partial charge on any atom is 0.410 e. The van der Waals surface area contributed by atoms with Crippen molar-refractivity contribution in [3.63, 3.8) is 0 Å². The third-order valence-electron chi connectivity index (χ3n) is 17.9. The number of hydrogen-bond acceptors (Lipinski definition) is 18. The van der Waals surface area contributed by atoms with Crippen LogP contribution in [0.15, 0.2) is 109 Å². The maximum atomic E-state index is 13.3. The van der Waals surface area contributed by atoms with Crippen LogP contribution in [0.25, 0.3) is 22.8 Å². The molecule has 4 saturated heterocycles. The van der Waals surface area contributed by atoms with Crippen molar-refractivity contribution in [1.82, 2.24) is 54.1 Å². The highest BCUT2D eigenvalue weighted by Gasteiger charge is 2.47. The molecule has 2 aromatic carbocycles. The molecule has 4 bridgehead atoms. The molecule has 5 aliphatic rings. The number of anilines is 5. The average Bonchev–Trinajstić information content (AvgIpc) is 1.64. The molecule has 1 aliphatic carbocycles. The highest BCUT2D eigenvalue weighted by atomic mass is 35.5. The highest BCUT2D eigenvalue weighted by molar-refractivity contribution is 6.28. The lowest BCUT2D eigenvalue weighted by atomic mass is 9.84. The number of fused-ring (bicyclic) bond motifs is 6. The van der Waals surface area contributed by atoms with E-state index in [1.54, 1.807) is 106 Å². The van der Waals surface area contributed by atoms with E-state index >= 15 is 0 Å². The summed E-state index contributed by atoms with van der Waals surface area (Å²) in [6.45, 7) is 19.4. The van der Waals surface area contributed by atoms with Gasteiger partial charge >= 0.3 is 12.2 Å². The van der Waals surface area contributed by atoms with E-state index in [0.29, 0.717) is 70.5 Å². The van der Waals surface area contributed by atoms with Crippen LogP contribution >= 0.6 is 11.6 Å². The van der Waals surface area contributed by atoms with Gasteiger partial charge in [0.05, 0.1) is 70.4 Å². The number of aromatic nitrogens is 7. The SMILES string of the molecule is CC(C)(C)OC(=O)N1C2CCC1CN(c1ccc(N)nc1)C(=O)C2.CN(C)C(=O)C1=Cc2cnc(Cl)nc2C1c1ccc(C(C)(C)C#N)cc1.CN(C)C(=O)c1cc2cnc(Nc3ccc(N4CC5CCC(CC4=O)N5C(=O)OC(C)(C)C)cn3)nc2n1-c1ccc(C(C)(C)C#N)cc1. The van der Waals surface area contributed by atoms with Crippen molar-refractivity contribution in [2.24, 2.45) is 0 Å². The summed E-state index contributed by atoms with van der Waals surface area (Å²) in [6, 6.07) is 28.2. The number of ether oxygens (including phenoxy) is 2. The predicted octanol–water partition coefficient (Wildman–Crippen LogP) is 11.3. The van der Waals surface area contributed by atoms with Crippen molar-refractivity contribution in [3.05, 3.63) is 148 Å². The summed E-state index contributed by atoms with van der Waals surface area (Å²) in [7, 11) is 6.83. The smallest absolute Gasteiger partial charge is 0.410 e. The molecular weight excluding hydrogens is 1280 g/mol. The molecule has 0 spiro atoms. The lowest BCUT2D eigenvalue weighted by molar-refractivity contribution is -0.125. The van der Waals surface area contributed by atoms with Crippen molar-refractivity contribution in [2.45, 2.75) is 160 Å². The summed E-state index contributed by atoms with van der Waals surface area (Å²) in [5.41, 5.74) is 11.1. The monoisotopic (exact) mass is 1360 g/mol. The molecular formula is C73H84ClN17O8. The minimum atomic E-state index is -0.665. The second-order valence-electron chi connectivity index (χ2n) is 28.8. The van der Waals surface area contributed by atoms with Crippen LogP contribution in [-0.2, 0) is 34.7 Å². The average molecular weight is 1360 g/mol. The van der Waals surface area contributed by atoms with Crippen LogP contribution in [0, 0.1) is 22.7 Å². The minimum Gasteiger partial charge on any atom is -0.444 e. The van der Waals surface area contributed by atoms with Crippen LogP contribution in [0.4, 0.5) is 38.5 Å². The Morgan fingerprint density at radius 1 is 0.606 bits per heavy atom. The lowest BCUT2D eigenvalue weighted by Gasteiger charge is -2.31. The van der Waals surface area contributed by atoms with Gasteiger partial charge in [-0.05, 0) is 172 Å². The quantitative estimate of drug-likeness (QED) is 0.120. The summed E-state index contributed by atoms with van der Waals surface area (Å²) in [6.07, 6.45) is 11.4. The van der Waals surface area contributed by atoms with Crippen LogP contribution < -0.4 is 20.9 Å². The molecule has 25 nitrogen and oxygen atoms in total. The number of nitrogens with one attached hydrogen (secondary N) is 1. The fourth-order valence-electron chi connectivity index (χ4n) is 12.8. The summed E-state index contributed by atoms with van der Waals surface area (Å²) >= 11 is 5.99. The molecule has 7 aromatic rings. The summed E-state index contributed by atoms with van der Waals surface area (Å²) in [5, 5.41) is 22.9. The van der Waals surface area contributed by atoms with E-state index in [9.17, 15) is 39.3 Å².